The largest absolute Gasteiger partial charge is 0.457 e. The van der Waals surface area contributed by atoms with Gasteiger partial charge in [-0.3, -0.25) is 0 Å². The van der Waals surface area contributed by atoms with Crippen LogP contribution in [0.3, 0.4) is 0 Å². The molecule has 0 fully saturated rings. The maximum atomic E-state index is 7.02. The van der Waals surface area contributed by atoms with Gasteiger partial charge in [-0.2, -0.15) is 0 Å². The Morgan fingerprint density at radius 2 is 1.00 bits per heavy atom. The van der Waals surface area contributed by atoms with Gasteiger partial charge in [0.2, 0.25) is 0 Å². The SMILES string of the molecule is CC1(C)c2ccccc2-c2ccc(N(c3ccc4c(c3)Oc3ccccc3C43c4ccccc4-c4ccccc43)c3cccc4c3sc3ccccc34)cc21. The molecule has 0 atom stereocenters. The van der Waals surface area contributed by atoms with E-state index < -0.39 is 5.41 Å². The van der Waals surface area contributed by atoms with E-state index in [-0.39, 0.29) is 5.41 Å². The third kappa shape index (κ3) is 4.03. The lowest BCUT2D eigenvalue weighted by Crippen LogP contribution is -2.32. The first-order valence-corrected chi connectivity index (χ1v) is 19.9. The van der Waals surface area contributed by atoms with Gasteiger partial charge in [0, 0.05) is 49.5 Å². The Hall–Kier alpha value is -6.42. The number of para-hydroxylation sites is 1. The van der Waals surface area contributed by atoms with Crippen molar-refractivity contribution in [2.75, 3.05) is 4.90 Å². The van der Waals surface area contributed by atoms with E-state index in [1.807, 2.05) is 11.3 Å². The van der Waals surface area contributed by atoms with Crippen LogP contribution < -0.4 is 9.64 Å². The van der Waals surface area contributed by atoms with Gasteiger partial charge in [-0.15, -0.1) is 11.3 Å². The summed E-state index contributed by atoms with van der Waals surface area (Å²) in [6, 6.07) is 64.9. The van der Waals surface area contributed by atoms with Crippen LogP contribution in [0.2, 0.25) is 0 Å². The third-order valence-corrected chi connectivity index (χ3v) is 13.7. The highest BCUT2D eigenvalue weighted by atomic mass is 32.1. The molecule has 260 valence electrons. The molecule has 12 rings (SSSR count). The molecule has 9 aromatic rings. The summed E-state index contributed by atoms with van der Waals surface area (Å²) >= 11 is 1.87. The predicted molar refractivity (Wildman–Crippen MR) is 229 cm³/mol. The van der Waals surface area contributed by atoms with Crippen molar-refractivity contribution >= 4 is 48.6 Å². The predicted octanol–water partition coefficient (Wildman–Crippen LogP) is 14.3. The van der Waals surface area contributed by atoms with Gasteiger partial charge in [-0.05, 0) is 80.9 Å². The average molecular weight is 722 g/mol. The van der Waals surface area contributed by atoms with E-state index in [2.05, 4.69) is 195 Å². The van der Waals surface area contributed by atoms with Crippen molar-refractivity contribution in [3.8, 4) is 33.8 Å². The van der Waals surface area contributed by atoms with Crippen LogP contribution in [0, 0.1) is 0 Å². The highest BCUT2D eigenvalue weighted by Crippen LogP contribution is 2.63. The van der Waals surface area contributed by atoms with Gasteiger partial charge in [-0.25, -0.2) is 0 Å². The Kier molecular flexibility index (Phi) is 6.23. The van der Waals surface area contributed by atoms with E-state index in [9.17, 15) is 0 Å². The van der Waals surface area contributed by atoms with Gasteiger partial charge in [0.05, 0.1) is 15.8 Å². The van der Waals surface area contributed by atoms with Crippen molar-refractivity contribution in [1.82, 2.24) is 0 Å². The molecule has 0 saturated heterocycles. The van der Waals surface area contributed by atoms with Crippen molar-refractivity contribution in [2.24, 2.45) is 0 Å². The van der Waals surface area contributed by atoms with Gasteiger partial charge in [0.15, 0.2) is 0 Å². The number of hydrogen-bond donors (Lipinski definition) is 0. The van der Waals surface area contributed by atoms with Crippen LogP contribution in [0.5, 0.6) is 11.5 Å². The Morgan fingerprint density at radius 1 is 0.436 bits per heavy atom. The number of hydrogen-bond acceptors (Lipinski definition) is 3. The molecule has 2 heterocycles. The topological polar surface area (TPSA) is 12.5 Å². The van der Waals surface area contributed by atoms with E-state index in [4.69, 9.17) is 4.74 Å². The Morgan fingerprint density at radius 3 is 1.78 bits per heavy atom. The summed E-state index contributed by atoms with van der Waals surface area (Å²) in [5.74, 6) is 1.78. The molecular formula is C52H35NOS. The molecule has 2 aliphatic carbocycles. The molecule has 0 saturated carbocycles. The first-order chi connectivity index (χ1) is 27.0. The second-order valence-electron chi connectivity index (χ2n) is 15.6. The molecule has 0 unspecified atom stereocenters. The van der Waals surface area contributed by atoms with E-state index in [0.29, 0.717) is 0 Å². The van der Waals surface area contributed by atoms with Crippen molar-refractivity contribution in [1.29, 1.82) is 0 Å². The van der Waals surface area contributed by atoms with Crippen molar-refractivity contribution in [2.45, 2.75) is 24.7 Å². The fraction of sp³-hybridized carbons (Fsp3) is 0.0769. The first-order valence-electron chi connectivity index (χ1n) is 19.1. The molecule has 55 heavy (non-hydrogen) atoms. The van der Waals surface area contributed by atoms with Crippen LogP contribution in [0.1, 0.15) is 47.2 Å². The van der Waals surface area contributed by atoms with Crippen LogP contribution >= 0.6 is 11.3 Å². The fourth-order valence-electron chi connectivity index (χ4n) is 10.2. The zero-order chi connectivity index (χ0) is 36.5. The molecule has 0 bridgehead atoms. The molecule has 0 N–H and O–H groups in total. The summed E-state index contributed by atoms with van der Waals surface area (Å²) < 4.78 is 9.58. The van der Waals surface area contributed by atoms with E-state index in [1.165, 1.54) is 70.2 Å². The zero-order valence-electron chi connectivity index (χ0n) is 30.5. The standard InChI is InChI=1S/C52H35NOS/c1-51(2)40-19-7-3-14-34(40)37-28-26-32(30-45(37)51)53(46-23-13-18-39-38-17-6-12-25-49(38)55-50(39)46)33-27-29-44-48(31-33)54-47-24-11-10-22-43(47)52(44)41-20-8-4-15-35(41)36-16-5-9-21-42(36)52/h3-31H,1-2H3. The number of rotatable bonds is 3. The average Bonchev–Trinajstić information content (AvgIpc) is 3.83. The molecular weight excluding hydrogens is 687 g/mol. The molecule has 0 radical (unpaired) electrons. The minimum absolute atomic E-state index is 0.129. The quantitative estimate of drug-likeness (QED) is 0.180. The highest BCUT2D eigenvalue weighted by molar-refractivity contribution is 7.26. The van der Waals surface area contributed by atoms with Crippen molar-refractivity contribution < 1.29 is 4.74 Å². The van der Waals surface area contributed by atoms with E-state index in [0.717, 1.165) is 34.1 Å². The van der Waals surface area contributed by atoms with Crippen molar-refractivity contribution in [3.63, 3.8) is 0 Å². The first kappa shape index (κ1) is 31.0. The highest BCUT2D eigenvalue weighted by Gasteiger charge is 2.51. The normalized spacial score (nSPS) is 14.8. The van der Waals surface area contributed by atoms with Crippen LogP contribution in [0.15, 0.2) is 176 Å². The smallest absolute Gasteiger partial charge is 0.134 e. The molecule has 3 heteroatoms. The fourth-order valence-corrected chi connectivity index (χ4v) is 11.4. The van der Waals surface area contributed by atoms with Crippen LogP contribution in [0.4, 0.5) is 17.1 Å². The number of fused-ring (bicyclic) bond motifs is 15. The number of anilines is 3. The summed E-state index contributed by atoms with van der Waals surface area (Å²) in [5.41, 5.74) is 15.6. The van der Waals surface area contributed by atoms with Gasteiger partial charge >= 0.3 is 0 Å². The maximum absolute atomic E-state index is 7.02. The molecule has 8 aromatic carbocycles. The number of thiophene rings is 1. The Balaban J connectivity index is 1.12. The molecule has 1 aromatic heterocycles. The minimum Gasteiger partial charge on any atom is -0.457 e. The summed E-state index contributed by atoms with van der Waals surface area (Å²) in [4.78, 5) is 2.46. The zero-order valence-corrected chi connectivity index (χ0v) is 31.3. The molecule has 2 nitrogen and oxygen atoms in total. The number of nitrogens with zero attached hydrogens (tertiary/aromatic N) is 1. The Labute approximate surface area is 324 Å². The third-order valence-electron chi connectivity index (χ3n) is 12.5. The lowest BCUT2D eigenvalue weighted by molar-refractivity contribution is 0.436. The second-order valence-corrected chi connectivity index (χ2v) is 16.7. The number of benzene rings is 8. The van der Waals surface area contributed by atoms with Gasteiger partial charge in [0.25, 0.3) is 0 Å². The second kappa shape index (κ2) is 11.1. The molecule has 3 aliphatic rings. The number of ether oxygens (including phenoxy) is 1. The summed E-state index contributed by atoms with van der Waals surface area (Å²) in [6.45, 7) is 4.72. The van der Waals surface area contributed by atoms with E-state index >= 15 is 0 Å². The lowest BCUT2D eigenvalue weighted by Gasteiger charge is -2.40. The van der Waals surface area contributed by atoms with E-state index in [1.54, 1.807) is 0 Å². The van der Waals surface area contributed by atoms with Gasteiger partial charge < -0.3 is 9.64 Å². The Bertz CT molecular complexity index is 3030. The molecule has 0 amide bonds. The maximum Gasteiger partial charge on any atom is 0.134 e. The minimum atomic E-state index is -0.504. The lowest BCUT2D eigenvalue weighted by atomic mass is 9.66. The van der Waals surface area contributed by atoms with Crippen LogP contribution in [-0.2, 0) is 10.8 Å². The van der Waals surface area contributed by atoms with Gasteiger partial charge in [-0.1, -0.05) is 147 Å². The van der Waals surface area contributed by atoms with Crippen molar-refractivity contribution in [3.05, 3.63) is 209 Å². The monoisotopic (exact) mass is 721 g/mol. The summed E-state index contributed by atoms with van der Waals surface area (Å²) in [5, 5.41) is 2.57. The summed E-state index contributed by atoms with van der Waals surface area (Å²) in [6.07, 6.45) is 0. The molecule has 1 aliphatic heterocycles. The van der Waals surface area contributed by atoms with Crippen LogP contribution in [-0.4, -0.2) is 0 Å². The molecule has 1 spiro atoms. The van der Waals surface area contributed by atoms with Crippen LogP contribution in [0.25, 0.3) is 42.4 Å². The van der Waals surface area contributed by atoms with Gasteiger partial charge in [0.1, 0.15) is 11.5 Å². The summed E-state index contributed by atoms with van der Waals surface area (Å²) in [7, 11) is 0.